The Hall–Kier alpha value is -0.890. The fourth-order valence-electron chi connectivity index (χ4n) is 2.20. The molecule has 0 saturated carbocycles. The van der Waals surface area contributed by atoms with E-state index in [1.807, 2.05) is 13.0 Å². The zero-order valence-electron chi connectivity index (χ0n) is 11.2. The van der Waals surface area contributed by atoms with Crippen molar-refractivity contribution in [1.29, 1.82) is 0 Å². The van der Waals surface area contributed by atoms with Crippen LogP contribution in [0.4, 0.5) is 4.39 Å². The fourth-order valence-corrected chi connectivity index (χ4v) is 2.20. The monoisotopic (exact) mass is 238 g/mol. The second-order valence-electron chi connectivity index (χ2n) is 5.69. The second-order valence-corrected chi connectivity index (χ2v) is 5.69. The molecule has 0 aliphatic rings. The highest BCUT2D eigenvalue weighted by Crippen LogP contribution is 2.27. The molecule has 17 heavy (non-hydrogen) atoms. The molecule has 0 amide bonds. The lowest BCUT2D eigenvalue weighted by atomic mass is 9.80. The van der Waals surface area contributed by atoms with Crippen molar-refractivity contribution in [2.24, 2.45) is 11.8 Å². The standard InChI is InChI=1S/C15H23FO/c1-11(2)8-12(3)15(4,17)10-13-6-5-7-14(16)9-13/h5-7,9,11-12,17H,8,10H2,1-4H3. The average molecular weight is 238 g/mol. The lowest BCUT2D eigenvalue weighted by Crippen LogP contribution is -2.36. The SMILES string of the molecule is CC(C)CC(C)C(C)(O)Cc1cccc(F)c1. The summed E-state index contributed by atoms with van der Waals surface area (Å²) in [5.74, 6) is 0.518. The maximum Gasteiger partial charge on any atom is 0.123 e. The van der Waals surface area contributed by atoms with Crippen LogP contribution in [0.3, 0.4) is 0 Å². The fraction of sp³-hybridized carbons (Fsp3) is 0.600. The first-order valence-corrected chi connectivity index (χ1v) is 6.28. The molecule has 0 aliphatic heterocycles. The maximum absolute atomic E-state index is 13.1. The van der Waals surface area contributed by atoms with E-state index in [-0.39, 0.29) is 11.7 Å². The smallest absolute Gasteiger partial charge is 0.123 e. The highest BCUT2D eigenvalue weighted by Gasteiger charge is 2.28. The van der Waals surface area contributed by atoms with Gasteiger partial charge in [0.25, 0.3) is 0 Å². The first-order valence-electron chi connectivity index (χ1n) is 6.28. The van der Waals surface area contributed by atoms with Crippen LogP contribution in [0.5, 0.6) is 0 Å². The molecule has 96 valence electrons. The van der Waals surface area contributed by atoms with Crippen molar-refractivity contribution < 1.29 is 9.50 Å². The molecule has 2 atom stereocenters. The Morgan fingerprint density at radius 2 is 1.94 bits per heavy atom. The molecular formula is C15H23FO. The van der Waals surface area contributed by atoms with Gasteiger partial charge in [-0.15, -0.1) is 0 Å². The molecule has 0 fully saturated rings. The maximum atomic E-state index is 13.1. The molecule has 1 aromatic carbocycles. The van der Waals surface area contributed by atoms with E-state index in [4.69, 9.17) is 0 Å². The Balaban J connectivity index is 2.71. The molecule has 0 spiro atoms. The normalized spacial score (nSPS) is 16.9. The van der Waals surface area contributed by atoms with Gasteiger partial charge in [0.1, 0.15) is 5.82 Å². The zero-order valence-corrected chi connectivity index (χ0v) is 11.2. The van der Waals surface area contributed by atoms with Gasteiger partial charge in [0.15, 0.2) is 0 Å². The van der Waals surface area contributed by atoms with Crippen LogP contribution in [0.2, 0.25) is 0 Å². The summed E-state index contributed by atoms with van der Waals surface area (Å²) in [6.07, 6.45) is 1.47. The van der Waals surface area contributed by atoms with E-state index in [9.17, 15) is 9.50 Å². The van der Waals surface area contributed by atoms with E-state index in [1.165, 1.54) is 12.1 Å². The second kappa shape index (κ2) is 5.63. The number of rotatable bonds is 5. The average Bonchev–Trinajstić information content (AvgIpc) is 2.15. The molecule has 1 N–H and O–H groups in total. The van der Waals surface area contributed by atoms with Gasteiger partial charge in [-0.3, -0.25) is 0 Å². The van der Waals surface area contributed by atoms with E-state index in [2.05, 4.69) is 20.8 Å². The van der Waals surface area contributed by atoms with Crippen LogP contribution in [0, 0.1) is 17.7 Å². The molecule has 0 radical (unpaired) electrons. The summed E-state index contributed by atoms with van der Waals surface area (Å²) in [6, 6.07) is 6.47. The van der Waals surface area contributed by atoms with Crippen molar-refractivity contribution in [2.75, 3.05) is 0 Å². The van der Waals surface area contributed by atoms with Gasteiger partial charge < -0.3 is 5.11 Å². The van der Waals surface area contributed by atoms with Crippen LogP contribution >= 0.6 is 0 Å². The summed E-state index contributed by atoms with van der Waals surface area (Å²) in [4.78, 5) is 0. The van der Waals surface area contributed by atoms with Crippen LogP contribution in [0.15, 0.2) is 24.3 Å². The van der Waals surface area contributed by atoms with Crippen molar-refractivity contribution in [3.63, 3.8) is 0 Å². The summed E-state index contributed by atoms with van der Waals surface area (Å²) in [6.45, 7) is 8.19. The predicted octanol–water partition coefficient (Wildman–Crippen LogP) is 3.80. The van der Waals surface area contributed by atoms with Crippen molar-refractivity contribution >= 4 is 0 Å². The third-order valence-electron chi connectivity index (χ3n) is 3.34. The molecule has 0 bridgehead atoms. The van der Waals surface area contributed by atoms with Gasteiger partial charge in [0, 0.05) is 6.42 Å². The van der Waals surface area contributed by atoms with Gasteiger partial charge in [0.05, 0.1) is 5.60 Å². The van der Waals surface area contributed by atoms with Gasteiger partial charge in [-0.1, -0.05) is 32.9 Å². The molecule has 0 aliphatic carbocycles. The van der Waals surface area contributed by atoms with Crippen molar-refractivity contribution in [3.05, 3.63) is 35.6 Å². The van der Waals surface area contributed by atoms with Crippen LogP contribution in [-0.2, 0) is 6.42 Å². The molecule has 1 aromatic rings. The Labute approximate surface area is 104 Å². The van der Waals surface area contributed by atoms with Crippen LogP contribution in [0.25, 0.3) is 0 Å². The van der Waals surface area contributed by atoms with Gasteiger partial charge in [-0.05, 0) is 42.9 Å². The highest BCUT2D eigenvalue weighted by atomic mass is 19.1. The first kappa shape index (κ1) is 14.2. The number of aliphatic hydroxyl groups is 1. The van der Waals surface area contributed by atoms with E-state index in [0.29, 0.717) is 12.3 Å². The topological polar surface area (TPSA) is 20.2 Å². The quantitative estimate of drug-likeness (QED) is 0.827. The Kier molecular flexibility index (Phi) is 4.70. The summed E-state index contributed by atoms with van der Waals surface area (Å²) in [5.41, 5.74) is 0.0727. The Bertz CT molecular complexity index is 358. The van der Waals surface area contributed by atoms with Crippen LogP contribution < -0.4 is 0 Å². The molecule has 2 heteroatoms. The highest BCUT2D eigenvalue weighted by molar-refractivity contribution is 5.18. The van der Waals surface area contributed by atoms with E-state index < -0.39 is 5.60 Å². The van der Waals surface area contributed by atoms with Crippen molar-refractivity contribution in [2.45, 2.75) is 46.1 Å². The van der Waals surface area contributed by atoms with Gasteiger partial charge in [-0.2, -0.15) is 0 Å². The van der Waals surface area contributed by atoms with Gasteiger partial charge in [-0.25, -0.2) is 4.39 Å². The Morgan fingerprint density at radius 1 is 1.29 bits per heavy atom. The minimum absolute atomic E-state index is 0.200. The molecule has 0 saturated heterocycles. The summed E-state index contributed by atoms with van der Waals surface area (Å²) >= 11 is 0. The molecular weight excluding hydrogens is 215 g/mol. The largest absolute Gasteiger partial charge is 0.390 e. The molecule has 1 nitrogen and oxygen atoms in total. The van der Waals surface area contributed by atoms with Gasteiger partial charge >= 0.3 is 0 Å². The number of halogens is 1. The minimum Gasteiger partial charge on any atom is -0.390 e. The zero-order chi connectivity index (χ0) is 13.1. The number of hydrogen-bond acceptors (Lipinski definition) is 1. The predicted molar refractivity (Wildman–Crippen MR) is 69.3 cm³/mol. The molecule has 1 rings (SSSR count). The van der Waals surface area contributed by atoms with E-state index in [1.54, 1.807) is 6.07 Å². The lowest BCUT2D eigenvalue weighted by molar-refractivity contribution is -0.00143. The summed E-state index contributed by atoms with van der Waals surface area (Å²) in [7, 11) is 0. The first-order chi connectivity index (χ1) is 7.81. The summed E-state index contributed by atoms with van der Waals surface area (Å²) < 4.78 is 13.1. The third kappa shape index (κ3) is 4.47. The Morgan fingerprint density at radius 3 is 2.47 bits per heavy atom. The van der Waals surface area contributed by atoms with Crippen molar-refractivity contribution in [3.8, 4) is 0 Å². The van der Waals surface area contributed by atoms with Crippen LogP contribution in [-0.4, -0.2) is 10.7 Å². The summed E-state index contributed by atoms with van der Waals surface area (Å²) in [5, 5.41) is 10.5. The minimum atomic E-state index is -0.780. The molecule has 2 unspecified atom stereocenters. The lowest BCUT2D eigenvalue weighted by Gasteiger charge is -2.31. The number of hydrogen-bond donors (Lipinski definition) is 1. The van der Waals surface area contributed by atoms with Crippen LogP contribution in [0.1, 0.15) is 39.7 Å². The van der Waals surface area contributed by atoms with Gasteiger partial charge in [0.2, 0.25) is 0 Å². The molecule has 0 heterocycles. The third-order valence-corrected chi connectivity index (χ3v) is 3.34. The van der Waals surface area contributed by atoms with E-state index in [0.717, 1.165) is 12.0 Å². The number of benzene rings is 1. The molecule has 0 aromatic heterocycles. The van der Waals surface area contributed by atoms with Crippen molar-refractivity contribution in [1.82, 2.24) is 0 Å². The van der Waals surface area contributed by atoms with E-state index >= 15 is 0 Å².